The molecule has 0 bridgehead atoms. The second-order valence-electron chi connectivity index (χ2n) is 32.8. The number of hydrogen-bond donors (Lipinski definition) is 16. The molecule has 35 nitrogen and oxygen atoms in total. The number of H-pyrrole nitrogens is 1. The van der Waals surface area contributed by atoms with Crippen LogP contribution >= 0.6 is 21.6 Å². The van der Waals surface area contributed by atoms with E-state index in [9.17, 15) is 57.8 Å². The van der Waals surface area contributed by atoms with Gasteiger partial charge in [-0.05, 0) is 126 Å². The minimum atomic E-state index is -1.89. The van der Waals surface area contributed by atoms with Crippen molar-refractivity contribution in [3.8, 4) is 5.75 Å². The van der Waals surface area contributed by atoms with Gasteiger partial charge in [0.1, 0.15) is 36.0 Å². The van der Waals surface area contributed by atoms with Crippen LogP contribution in [0.25, 0.3) is 21.7 Å². The molecular formula is C86H117N15O20S2. The quantitative estimate of drug-likeness (QED) is 0.0193. The summed E-state index contributed by atoms with van der Waals surface area (Å²) in [6, 6.07) is 16.3. The van der Waals surface area contributed by atoms with Crippen molar-refractivity contribution in [3.63, 3.8) is 0 Å². The highest BCUT2D eigenvalue weighted by atomic mass is 33.1. The molecule has 1 aromatic heterocycles. The summed E-state index contributed by atoms with van der Waals surface area (Å²) < 4.78 is 8.59. The first-order chi connectivity index (χ1) is 58.1. The molecule has 123 heavy (non-hydrogen) atoms. The van der Waals surface area contributed by atoms with E-state index >= 15 is 28.8 Å². The van der Waals surface area contributed by atoms with Gasteiger partial charge in [-0.15, -0.1) is 0 Å². The SMILES string of the molecule is CNCCCCC(CC(=O)C1(NC(=O)C(CC(=O)C(Cc2ccc(OCCN)cc2)NC(=O)C2CC(=O)C(CCC(N)=O)NC(=O)C(Cc3c[nH]c4ccccc34)NC(=O)C(C(C)O)NC(=O)C(CC(N)=O)CC(=O)C(NC(C)=O)C(C)(C)SSC2(C)C)Cc2ccc3ccccc3c2)CCOCC1)C(=O)NC(CC(N)=O)C(=O)CC(CC(N)=O)C(N)=O. The maximum absolute atomic E-state index is 16.3. The summed E-state index contributed by atoms with van der Waals surface area (Å²) in [6.07, 6.45) is -6.92. The zero-order valence-electron chi connectivity index (χ0n) is 70.4. The highest BCUT2D eigenvalue weighted by molar-refractivity contribution is 8.77. The number of Topliss-reactive ketones (excluding diaryl/α,β-unsaturated/α-hetero) is 5. The summed E-state index contributed by atoms with van der Waals surface area (Å²) in [4.78, 5) is 246. The van der Waals surface area contributed by atoms with E-state index in [4.69, 9.17) is 43.9 Å². The molecular weight excluding hydrogens is 1630 g/mol. The van der Waals surface area contributed by atoms with Crippen LogP contribution in [0.3, 0.4) is 0 Å². The Bertz CT molecular complexity index is 4670. The maximum atomic E-state index is 16.3. The second kappa shape index (κ2) is 46.5. The van der Waals surface area contributed by atoms with Crippen molar-refractivity contribution in [1.82, 2.24) is 47.5 Å². The summed E-state index contributed by atoms with van der Waals surface area (Å²) >= 11 is 0. The number of carbonyl (C=O) groups is 17. The van der Waals surface area contributed by atoms with Gasteiger partial charge in [0.2, 0.25) is 70.9 Å². The molecule has 0 spiro atoms. The van der Waals surface area contributed by atoms with Gasteiger partial charge in [0.25, 0.3) is 0 Å². The summed E-state index contributed by atoms with van der Waals surface area (Å²) in [5.41, 5.74) is 34.0. The summed E-state index contributed by atoms with van der Waals surface area (Å²) in [5.74, 6) is -22.4. The number of aliphatic hydroxyl groups is 1. The van der Waals surface area contributed by atoms with Crippen LogP contribution in [0, 0.1) is 29.6 Å². The minimum absolute atomic E-state index is 0.0388. The number of nitrogens with one attached hydrogen (secondary N) is 9. The van der Waals surface area contributed by atoms with Crippen molar-refractivity contribution in [2.24, 2.45) is 64.0 Å². The van der Waals surface area contributed by atoms with Gasteiger partial charge in [-0.25, -0.2) is 0 Å². The number of ketones is 5. The van der Waals surface area contributed by atoms with Crippen LogP contribution in [0.2, 0.25) is 0 Å². The monoisotopic (exact) mass is 1740 g/mol. The number of aromatic nitrogens is 1. The Morgan fingerprint density at radius 3 is 1.90 bits per heavy atom. The molecule has 4 aromatic carbocycles. The third-order valence-electron chi connectivity index (χ3n) is 22.1. The van der Waals surface area contributed by atoms with Crippen LogP contribution in [-0.4, -0.2) is 207 Å². The van der Waals surface area contributed by atoms with Gasteiger partial charge in [-0.1, -0.05) is 101 Å². The lowest BCUT2D eigenvalue weighted by Gasteiger charge is -2.39. The number of hydrogen-bond acceptors (Lipinski definition) is 24. The van der Waals surface area contributed by atoms with E-state index < -0.39 is 251 Å². The Balaban J connectivity index is 1.35. The van der Waals surface area contributed by atoms with Gasteiger partial charge in [-0.3, -0.25) is 81.5 Å². The third-order valence-corrected chi connectivity index (χ3v) is 26.4. The first-order valence-electron chi connectivity index (χ1n) is 41.0. The van der Waals surface area contributed by atoms with E-state index in [0.717, 1.165) is 46.2 Å². The van der Waals surface area contributed by atoms with Crippen LogP contribution < -0.4 is 81.7 Å². The lowest BCUT2D eigenvalue weighted by Crippen LogP contribution is -2.60. The largest absolute Gasteiger partial charge is 0.492 e. The van der Waals surface area contributed by atoms with Crippen molar-refractivity contribution in [2.75, 3.05) is 40.0 Å². The number of aliphatic hydroxyl groups excluding tert-OH is 1. The molecule has 0 aliphatic carbocycles. The van der Waals surface area contributed by atoms with E-state index in [1.54, 1.807) is 95.5 Å². The molecule has 22 N–H and O–H groups in total. The molecule has 37 heteroatoms. The van der Waals surface area contributed by atoms with Crippen molar-refractivity contribution in [2.45, 2.75) is 215 Å². The van der Waals surface area contributed by atoms with Gasteiger partial charge in [-0.2, -0.15) is 0 Å². The molecule has 5 aromatic rings. The molecule has 3 heterocycles. The average molecular weight is 1750 g/mol. The summed E-state index contributed by atoms with van der Waals surface area (Å²) in [6.45, 7) is 9.27. The molecule has 12 amide bonds. The topological polar surface area (TPSA) is 597 Å². The Morgan fingerprint density at radius 1 is 0.634 bits per heavy atom. The number of benzene rings is 4. The Hall–Kier alpha value is -11.0. The molecule has 2 fully saturated rings. The molecule has 12 unspecified atom stereocenters. The Labute approximate surface area is 721 Å². The van der Waals surface area contributed by atoms with Gasteiger partial charge in [0, 0.05) is 136 Å². The van der Waals surface area contributed by atoms with Crippen LogP contribution in [0.4, 0.5) is 0 Å². The van der Waals surface area contributed by atoms with Crippen LogP contribution in [0.5, 0.6) is 5.75 Å². The summed E-state index contributed by atoms with van der Waals surface area (Å²) in [5, 5.41) is 35.4. The summed E-state index contributed by atoms with van der Waals surface area (Å²) in [7, 11) is 3.67. The normalized spacial score (nSPS) is 20.5. The predicted octanol–water partition coefficient (Wildman–Crippen LogP) is 1.26. The van der Waals surface area contributed by atoms with Crippen LogP contribution in [-0.2, 0) is 106 Å². The fourth-order valence-electron chi connectivity index (χ4n) is 15.1. The fourth-order valence-corrected chi connectivity index (χ4v) is 18.1. The molecule has 7 rings (SSSR count). The maximum Gasteiger partial charge on any atom is 0.245 e. The first kappa shape index (κ1) is 99.1. The zero-order valence-corrected chi connectivity index (χ0v) is 72.0. The van der Waals surface area contributed by atoms with Crippen molar-refractivity contribution < 1.29 is 96.1 Å². The van der Waals surface area contributed by atoms with E-state index in [-0.39, 0.29) is 64.9 Å². The van der Waals surface area contributed by atoms with E-state index in [1.165, 1.54) is 0 Å². The van der Waals surface area contributed by atoms with Gasteiger partial charge in [0.15, 0.2) is 28.9 Å². The molecule has 2 aliphatic rings. The lowest BCUT2D eigenvalue weighted by molar-refractivity contribution is -0.141. The first-order valence-corrected chi connectivity index (χ1v) is 43.2. The second-order valence-corrected chi connectivity index (χ2v) is 36.2. The van der Waals surface area contributed by atoms with Crippen LogP contribution in [0.1, 0.15) is 155 Å². The number of carbonyl (C=O) groups excluding carboxylic acids is 17. The van der Waals surface area contributed by atoms with E-state index in [0.29, 0.717) is 52.7 Å². The smallest absolute Gasteiger partial charge is 0.245 e. The number of ether oxygens (including phenoxy) is 2. The number of nitrogens with two attached hydrogens (primary N) is 6. The lowest BCUT2D eigenvalue weighted by atomic mass is 9.79. The standard InChI is InChI=1S/C86H117N15O20S2/c1-47(102)75-83(119)99-65(37-57-46-94-61-18-11-10-17-59(57)61)82(118)96-62(25-26-71(88)109)68(106)44-60(84(3,4)122-123-85(5,6)76(95-48(2)103)69(107)40-56(43-73(90)111)79(115)100-75)81(117)98-63(36-49-20-23-58(24-21-49)121-33-29-87)67(105)39-55(35-50-19-22-51-14-8-9-15-52(51)34-50)80(116)101-86(27-31-120-32-28-86)70(108)41-53(16-12-13-30-93-7)78(114)97-64(45-74(91)112)66(104)38-54(77(92)113)42-72(89)110/h8-11,14-15,17-24,34,46-47,53-56,60,62-65,75-76,93-94,102H,12-13,16,25-33,35-45,87H2,1-7H3,(H2,88,109)(H2,89,110)(H2,90,111)(H2,91,112)(H2,92,113)(H,95,103)(H,96,118)(H,97,114)(H,98,117)(H,99,119)(H,100,115)(H,101,116). The van der Waals surface area contributed by atoms with E-state index in [2.05, 4.69) is 47.5 Å². The number of primary amides is 5. The number of unbranched alkanes of at least 4 members (excludes halogenated alkanes) is 1. The zero-order chi connectivity index (χ0) is 90.6. The number of aromatic amines is 1. The molecule has 2 saturated heterocycles. The number of rotatable bonds is 41. The van der Waals surface area contributed by atoms with Crippen molar-refractivity contribution >= 4 is 143 Å². The molecule has 0 radical (unpaired) electrons. The molecule has 12 atom stereocenters. The van der Waals surface area contributed by atoms with Crippen molar-refractivity contribution in [3.05, 3.63) is 114 Å². The van der Waals surface area contributed by atoms with Gasteiger partial charge < -0.3 is 96.5 Å². The third kappa shape index (κ3) is 29.9. The molecule has 2 aliphatic heterocycles. The van der Waals surface area contributed by atoms with Gasteiger partial charge in [0.05, 0.1) is 48.4 Å². The highest BCUT2D eigenvalue weighted by Gasteiger charge is 2.48. The average Bonchev–Trinajstić information content (AvgIpc) is 1.24. The fraction of sp³-hybridized carbons (Fsp3) is 0.523. The highest BCUT2D eigenvalue weighted by Crippen LogP contribution is 2.50. The predicted molar refractivity (Wildman–Crippen MR) is 460 cm³/mol. The van der Waals surface area contributed by atoms with E-state index in [1.807, 2.05) is 36.4 Å². The Morgan fingerprint density at radius 2 is 1.27 bits per heavy atom. The van der Waals surface area contributed by atoms with Gasteiger partial charge >= 0.3 is 0 Å². The molecule has 0 saturated carbocycles. The number of amides is 12. The minimum Gasteiger partial charge on any atom is -0.492 e. The van der Waals surface area contributed by atoms with Crippen LogP contribution in [0.15, 0.2) is 97.2 Å². The number of para-hydroxylation sites is 1. The number of fused-ring (bicyclic) bond motifs is 2. The Kier molecular flexibility index (Phi) is 37.5. The molecule has 668 valence electrons. The van der Waals surface area contributed by atoms with Crippen molar-refractivity contribution in [1.29, 1.82) is 0 Å².